The van der Waals surface area contributed by atoms with Crippen LogP contribution in [0.4, 0.5) is 0 Å². The second kappa shape index (κ2) is 13.6. The van der Waals surface area contributed by atoms with Crippen LogP contribution in [0.2, 0.25) is 0 Å². The molecule has 0 aromatic rings. The van der Waals surface area contributed by atoms with E-state index in [1.165, 1.54) is 7.11 Å². The van der Waals surface area contributed by atoms with Gasteiger partial charge in [0.15, 0.2) is 0 Å². The van der Waals surface area contributed by atoms with Crippen LogP contribution in [0.3, 0.4) is 0 Å². The van der Waals surface area contributed by atoms with Gasteiger partial charge in [-0.3, -0.25) is 4.79 Å². The fourth-order valence-corrected chi connectivity index (χ4v) is 2.18. The summed E-state index contributed by atoms with van der Waals surface area (Å²) in [5.41, 5.74) is 0. The SMILES string of the molecule is CC/C=C/C/C=C/C/C=C/C=C/C=C/C1OC1CCCC(=O)OC. The molecule has 132 valence electrons. The Hall–Kier alpha value is -1.87. The van der Waals surface area contributed by atoms with Gasteiger partial charge in [0.25, 0.3) is 0 Å². The van der Waals surface area contributed by atoms with Crippen molar-refractivity contribution in [3.63, 3.8) is 0 Å². The molecule has 0 aliphatic carbocycles. The molecule has 1 saturated heterocycles. The number of rotatable bonds is 12. The molecule has 1 rings (SSSR count). The van der Waals surface area contributed by atoms with Crippen LogP contribution >= 0.6 is 0 Å². The highest BCUT2D eigenvalue weighted by molar-refractivity contribution is 5.68. The van der Waals surface area contributed by atoms with E-state index in [0.29, 0.717) is 6.42 Å². The van der Waals surface area contributed by atoms with Gasteiger partial charge < -0.3 is 9.47 Å². The van der Waals surface area contributed by atoms with E-state index in [1.54, 1.807) is 0 Å². The molecule has 0 aromatic carbocycles. The average molecular weight is 330 g/mol. The summed E-state index contributed by atoms with van der Waals surface area (Å²) in [5.74, 6) is -0.148. The van der Waals surface area contributed by atoms with Gasteiger partial charge in [0, 0.05) is 6.42 Å². The third kappa shape index (κ3) is 10.8. The second-order valence-electron chi connectivity index (χ2n) is 5.63. The first-order chi connectivity index (χ1) is 11.8. The summed E-state index contributed by atoms with van der Waals surface area (Å²) in [5, 5.41) is 0. The molecule has 0 N–H and O–H groups in total. The van der Waals surface area contributed by atoms with Crippen molar-refractivity contribution >= 4 is 5.97 Å². The van der Waals surface area contributed by atoms with E-state index in [1.807, 2.05) is 18.2 Å². The minimum atomic E-state index is -0.148. The van der Waals surface area contributed by atoms with Gasteiger partial charge in [-0.05, 0) is 32.1 Å². The van der Waals surface area contributed by atoms with Crippen molar-refractivity contribution in [3.05, 3.63) is 60.8 Å². The lowest BCUT2D eigenvalue weighted by Gasteiger charge is -1.96. The van der Waals surface area contributed by atoms with Crippen LogP contribution in [0.1, 0.15) is 45.4 Å². The summed E-state index contributed by atoms with van der Waals surface area (Å²) < 4.78 is 10.1. The van der Waals surface area contributed by atoms with Gasteiger partial charge in [0.1, 0.15) is 6.10 Å². The Labute approximate surface area is 146 Å². The summed E-state index contributed by atoms with van der Waals surface area (Å²) in [6.45, 7) is 2.14. The highest BCUT2D eigenvalue weighted by Crippen LogP contribution is 2.28. The molecule has 0 radical (unpaired) electrons. The maximum absolute atomic E-state index is 11.0. The molecule has 3 nitrogen and oxygen atoms in total. The minimum absolute atomic E-state index is 0.148. The van der Waals surface area contributed by atoms with E-state index < -0.39 is 0 Å². The second-order valence-corrected chi connectivity index (χ2v) is 5.63. The summed E-state index contributed by atoms with van der Waals surface area (Å²) >= 11 is 0. The zero-order valence-corrected chi connectivity index (χ0v) is 14.9. The lowest BCUT2D eigenvalue weighted by Crippen LogP contribution is -2.01. The number of epoxide rings is 1. The van der Waals surface area contributed by atoms with Gasteiger partial charge in [-0.15, -0.1) is 0 Å². The first kappa shape index (κ1) is 20.2. The average Bonchev–Trinajstić information content (AvgIpc) is 3.34. The molecule has 1 aliphatic rings. The van der Waals surface area contributed by atoms with Gasteiger partial charge in [0.05, 0.1) is 13.2 Å². The maximum Gasteiger partial charge on any atom is 0.305 e. The lowest BCUT2D eigenvalue weighted by molar-refractivity contribution is -0.140. The normalized spacial score (nSPS) is 21.1. The monoisotopic (exact) mass is 330 g/mol. The van der Waals surface area contributed by atoms with Crippen molar-refractivity contribution in [2.45, 2.75) is 57.7 Å². The number of hydrogen-bond acceptors (Lipinski definition) is 3. The molecule has 1 aliphatic heterocycles. The predicted octanol–water partition coefficient (Wildman–Crippen LogP) is 5.07. The Morgan fingerprint density at radius 3 is 2.46 bits per heavy atom. The van der Waals surface area contributed by atoms with Crippen LogP contribution in [0.15, 0.2) is 60.8 Å². The molecule has 1 heterocycles. The molecule has 3 heteroatoms. The number of methoxy groups -OCH3 is 1. The summed E-state index contributed by atoms with van der Waals surface area (Å²) in [7, 11) is 1.42. The number of hydrogen-bond donors (Lipinski definition) is 0. The Morgan fingerprint density at radius 1 is 1.00 bits per heavy atom. The first-order valence-electron chi connectivity index (χ1n) is 8.80. The number of carbonyl (C=O) groups excluding carboxylic acids is 1. The Balaban J connectivity index is 2.03. The summed E-state index contributed by atoms with van der Waals surface area (Å²) in [4.78, 5) is 11.0. The highest BCUT2D eigenvalue weighted by atomic mass is 16.6. The van der Waals surface area contributed by atoms with Gasteiger partial charge in [0.2, 0.25) is 0 Å². The van der Waals surface area contributed by atoms with Crippen LogP contribution < -0.4 is 0 Å². The summed E-state index contributed by atoms with van der Waals surface area (Å²) in [6.07, 6.45) is 26.8. The van der Waals surface area contributed by atoms with Crippen LogP contribution in [0.5, 0.6) is 0 Å². The van der Waals surface area contributed by atoms with E-state index in [0.717, 1.165) is 32.1 Å². The van der Waals surface area contributed by atoms with E-state index >= 15 is 0 Å². The molecule has 24 heavy (non-hydrogen) atoms. The molecular formula is C21H30O3. The van der Waals surface area contributed by atoms with Crippen molar-refractivity contribution < 1.29 is 14.3 Å². The number of ether oxygens (including phenoxy) is 2. The third-order valence-corrected chi connectivity index (χ3v) is 3.60. The van der Waals surface area contributed by atoms with E-state index in [9.17, 15) is 4.79 Å². The fraction of sp³-hybridized carbons (Fsp3) is 0.476. The zero-order chi connectivity index (χ0) is 17.5. The molecule has 2 atom stereocenters. The van der Waals surface area contributed by atoms with Crippen molar-refractivity contribution in [1.29, 1.82) is 0 Å². The van der Waals surface area contributed by atoms with Crippen LogP contribution in [0.25, 0.3) is 0 Å². The molecule has 0 amide bonds. The Kier molecular flexibility index (Phi) is 11.4. The zero-order valence-electron chi connectivity index (χ0n) is 14.9. The van der Waals surface area contributed by atoms with Crippen LogP contribution in [0, 0.1) is 0 Å². The number of esters is 1. The highest BCUT2D eigenvalue weighted by Gasteiger charge is 2.35. The van der Waals surface area contributed by atoms with Gasteiger partial charge in [-0.1, -0.05) is 67.7 Å². The van der Waals surface area contributed by atoms with Gasteiger partial charge in [-0.25, -0.2) is 0 Å². The molecule has 0 aromatic heterocycles. The van der Waals surface area contributed by atoms with Gasteiger partial charge in [-0.2, -0.15) is 0 Å². The van der Waals surface area contributed by atoms with Crippen molar-refractivity contribution in [3.8, 4) is 0 Å². The standard InChI is InChI=1S/C21H30O3/c1-3-4-5-6-7-8-9-10-11-12-13-14-16-19-20(24-19)17-15-18-21(22)23-2/h4-5,7-8,10-14,16,19-20H,3,6,9,15,17-18H2,1-2H3/b5-4+,8-7+,11-10+,13-12+,16-14+. The largest absolute Gasteiger partial charge is 0.469 e. The first-order valence-corrected chi connectivity index (χ1v) is 8.80. The van der Waals surface area contributed by atoms with Crippen molar-refractivity contribution in [2.24, 2.45) is 0 Å². The fourth-order valence-electron chi connectivity index (χ4n) is 2.18. The van der Waals surface area contributed by atoms with Gasteiger partial charge >= 0.3 is 5.97 Å². The molecule has 0 spiro atoms. The Bertz CT molecular complexity index is 483. The summed E-state index contributed by atoms with van der Waals surface area (Å²) in [6, 6.07) is 0. The van der Waals surface area contributed by atoms with Crippen LogP contribution in [-0.4, -0.2) is 25.3 Å². The molecule has 2 unspecified atom stereocenters. The van der Waals surface area contributed by atoms with Crippen molar-refractivity contribution in [1.82, 2.24) is 0 Å². The van der Waals surface area contributed by atoms with Crippen LogP contribution in [-0.2, 0) is 14.3 Å². The number of allylic oxidation sites excluding steroid dienone is 9. The maximum atomic E-state index is 11.0. The quantitative estimate of drug-likeness (QED) is 0.217. The Morgan fingerprint density at radius 2 is 1.71 bits per heavy atom. The van der Waals surface area contributed by atoms with E-state index in [2.05, 4.69) is 54.2 Å². The van der Waals surface area contributed by atoms with E-state index in [4.69, 9.17) is 4.74 Å². The minimum Gasteiger partial charge on any atom is -0.469 e. The lowest BCUT2D eigenvalue weighted by atomic mass is 10.1. The topological polar surface area (TPSA) is 38.8 Å². The molecular weight excluding hydrogens is 300 g/mol. The molecule has 1 fully saturated rings. The van der Waals surface area contributed by atoms with Crippen molar-refractivity contribution in [2.75, 3.05) is 7.11 Å². The third-order valence-electron chi connectivity index (χ3n) is 3.60. The molecule has 0 saturated carbocycles. The smallest absolute Gasteiger partial charge is 0.305 e. The molecule has 0 bridgehead atoms. The predicted molar refractivity (Wildman–Crippen MR) is 99.8 cm³/mol. The number of carbonyl (C=O) groups is 1. The van der Waals surface area contributed by atoms with E-state index in [-0.39, 0.29) is 18.2 Å².